The third-order valence-corrected chi connectivity index (χ3v) is 5.50. The molecule has 0 spiro atoms. The molecule has 0 fully saturated rings. The van der Waals surface area contributed by atoms with E-state index in [0.29, 0.717) is 6.42 Å². The van der Waals surface area contributed by atoms with E-state index in [2.05, 4.69) is 19.5 Å². The Bertz CT molecular complexity index is 128. The van der Waals surface area contributed by atoms with Gasteiger partial charge in [-0.3, -0.25) is 0 Å². The van der Waals surface area contributed by atoms with Gasteiger partial charge in [0.2, 0.25) is 0 Å². The summed E-state index contributed by atoms with van der Waals surface area (Å²) in [4.78, 5) is 0. The zero-order valence-corrected chi connectivity index (χ0v) is 8.41. The molecule has 0 aromatic carbocycles. The van der Waals surface area contributed by atoms with Gasteiger partial charge < -0.3 is 0 Å². The Morgan fingerprint density at radius 1 is 1.50 bits per heavy atom. The third kappa shape index (κ3) is 4.84. The fraction of sp³-hybridized carbons (Fsp3) is 0.857. The van der Waals surface area contributed by atoms with Crippen LogP contribution in [0.2, 0.25) is 18.6 Å². The van der Waals surface area contributed by atoms with E-state index in [1.165, 1.54) is 0 Å². The van der Waals surface area contributed by atoms with Gasteiger partial charge in [-0.15, -0.1) is 0 Å². The molecule has 0 bridgehead atoms. The molecule has 58 valence electrons. The fourth-order valence-electron chi connectivity index (χ4n) is 0.963. The van der Waals surface area contributed by atoms with Gasteiger partial charge in [0.25, 0.3) is 0 Å². The molecule has 3 heteroatoms. The first-order chi connectivity index (χ1) is 4.62. The summed E-state index contributed by atoms with van der Waals surface area (Å²) in [5.41, 5.74) is 0. The predicted octanol–water partition coefficient (Wildman–Crippen LogP) is 3.12. The predicted molar refractivity (Wildman–Crippen MR) is 47.6 cm³/mol. The summed E-state index contributed by atoms with van der Waals surface area (Å²) in [7, 11) is -1.47. The van der Waals surface area contributed by atoms with Crippen LogP contribution in [0.15, 0.2) is 0 Å². The van der Waals surface area contributed by atoms with Gasteiger partial charge in [0.15, 0.2) is 7.38 Å². The van der Waals surface area contributed by atoms with E-state index in [4.69, 9.17) is 16.3 Å². The lowest BCUT2D eigenvalue weighted by Gasteiger charge is -2.15. The molecular weight excluding hydrogens is 162 g/mol. The second kappa shape index (κ2) is 4.76. The van der Waals surface area contributed by atoms with Crippen molar-refractivity contribution in [3.05, 3.63) is 0 Å². The number of nitriles is 1. The molecule has 0 aliphatic carbocycles. The van der Waals surface area contributed by atoms with Gasteiger partial charge in [0, 0.05) is 6.42 Å². The molecule has 0 aliphatic rings. The molecule has 1 nitrogen and oxygen atoms in total. The topological polar surface area (TPSA) is 23.8 Å². The van der Waals surface area contributed by atoms with Crippen molar-refractivity contribution in [2.75, 3.05) is 0 Å². The number of hydrogen-bond donors (Lipinski definition) is 0. The zero-order chi connectivity index (χ0) is 8.04. The van der Waals surface area contributed by atoms with Crippen LogP contribution in [0.5, 0.6) is 0 Å². The minimum atomic E-state index is -1.47. The summed E-state index contributed by atoms with van der Waals surface area (Å²) < 4.78 is 0. The zero-order valence-electron chi connectivity index (χ0n) is 6.65. The van der Waals surface area contributed by atoms with Crippen LogP contribution in [0.1, 0.15) is 19.8 Å². The molecule has 0 aliphatic heterocycles. The van der Waals surface area contributed by atoms with Gasteiger partial charge in [-0.25, -0.2) is 0 Å². The van der Waals surface area contributed by atoms with Gasteiger partial charge in [0.1, 0.15) is 0 Å². The Morgan fingerprint density at radius 3 is 2.50 bits per heavy atom. The van der Waals surface area contributed by atoms with E-state index in [0.717, 1.165) is 18.5 Å². The Labute approximate surface area is 68.7 Å². The van der Waals surface area contributed by atoms with Crippen LogP contribution in [0, 0.1) is 11.3 Å². The lowest BCUT2D eigenvalue weighted by molar-refractivity contribution is 1.03. The van der Waals surface area contributed by atoms with Crippen molar-refractivity contribution in [3.63, 3.8) is 0 Å². The molecule has 0 saturated carbocycles. The lowest BCUT2D eigenvalue weighted by atomic mass is 10.6. The SMILES string of the molecule is CCC[Si](C)(Cl)CCC#N. The molecule has 0 rings (SSSR count). The van der Waals surface area contributed by atoms with Crippen molar-refractivity contribution in [3.8, 4) is 6.07 Å². The van der Waals surface area contributed by atoms with E-state index in [-0.39, 0.29) is 0 Å². The molecule has 1 atom stereocenters. The molecule has 0 saturated heterocycles. The van der Waals surface area contributed by atoms with Gasteiger partial charge in [-0.05, 0) is 12.1 Å². The average molecular weight is 176 g/mol. The molecule has 0 aromatic heterocycles. The highest BCUT2D eigenvalue weighted by Crippen LogP contribution is 2.23. The molecule has 0 N–H and O–H groups in total. The molecule has 0 heterocycles. The van der Waals surface area contributed by atoms with Crippen LogP contribution < -0.4 is 0 Å². The number of halogens is 1. The minimum absolute atomic E-state index is 0.631. The first-order valence-electron chi connectivity index (χ1n) is 3.68. The van der Waals surface area contributed by atoms with Crippen molar-refractivity contribution in [1.29, 1.82) is 5.26 Å². The highest BCUT2D eigenvalue weighted by Gasteiger charge is 2.21. The van der Waals surface area contributed by atoms with Crippen LogP contribution in [0.4, 0.5) is 0 Å². The fourth-order valence-corrected chi connectivity index (χ4v) is 3.74. The first kappa shape index (κ1) is 10.00. The van der Waals surface area contributed by atoms with Crippen LogP contribution in [0.3, 0.4) is 0 Å². The summed E-state index contributed by atoms with van der Waals surface area (Å²) in [6, 6.07) is 4.21. The van der Waals surface area contributed by atoms with E-state index in [9.17, 15) is 0 Å². The van der Waals surface area contributed by atoms with E-state index in [1.807, 2.05) is 0 Å². The maximum Gasteiger partial charge on any atom is 0.154 e. The highest BCUT2D eigenvalue weighted by molar-refractivity contribution is 7.19. The summed E-state index contributed by atoms with van der Waals surface area (Å²) >= 11 is 6.20. The summed E-state index contributed by atoms with van der Waals surface area (Å²) in [6.07, 6.45) is 1.78. The highest BCUT2D eigenvalue weighted by atomic mass is 35.6. The Morgan fingerprint density at radius 2 is 2.10 bits per heavy atom. The second-order valence-electron chi connectivity index (χ2n) is 2.82. The van der Waals surface area contributed by atoms with Gasteiger partial charge >= 0.3 is 0 Å². The maximum atomic E-state index is 8.31. The van der Waals surface area contributed by atoms with Crippen LogP contribution in [-0.4, -0.2) is 7.38 Å². The summed E-state index contributed by atoms with van der Waals surface area (Å²) in [6.45, 7) is 4.27. The molecule has 0 radical (unpaired) electrons. The van der Waals surface area contributed by atoms with Crippen LogP contribution in [0.25, 0.3) is 0 Å². The van der Waals surface area contributed by atoms with Gasteiger partial charge in [-0.1, -0.05) is 19.9 Å². The Kier molecular flexibility index (Phi) is 4.76. The van der Waals surface area contributed by atoms with Gasteiger partial charge in [-0.2, -0.15) is 16.3 Å². The smallest absolute Gasteiger partial charge is 0.154 e. The number of nitrogens with zero attached hydrogens (tertiary/aromatic N) is 1. The van der Waals surface area contributed by atoms with E-state index < -0.39 is 7.38 Å². The van der Waals surface area contributed by atoms with E-state index in [1.54, 1.807) is 0 Å². The van der Waals surface area contributed by atoms with Crippen LogP contribution in [-0.2, 0) is 0 Å². The van der Waals surface area contributed by atoms with Crippen molar-refractivity contribution >= 4 is 18.5 Å². The molecule has 0 amide bonds. The maximum absolute atomic E-state index is 8.31. The average Bonchev–Trinajstić information content (AvgIpc) is 1.84. The van der Waals surface area contributed by atoms with E-state index >= 15 is 0 Å². The first-order valence-corrected chi connectivity index (χ1v) is 7.61. The lowest BCUT2D eigenvalue weighted by Crippen LogP contribution is -2.20. The van der Waals surface area contributed by atoms with Crippen LogP contribution >= 0.6 is 11.1 Å². The third-order valence-electron chi connectivity index (χ3n) is 1.53. The molecule has 1 unspecified atom stereocenters. The standard InChI is InChI=1S/C7H14ClNSi/c1-3-6-10(2,8)7-4-5-9/h3-4,6-7H2,1-2H3. The van der Waals surface area contributed by atoms with Crippen molar-refractivity contribution in [2.24, 2.45) is 0 Å². The Balaban J connectivity index is 3.54. The normalized spacial score (nSPS) is 15.8. The summed E-state index contributed by atoms with van der Waals surface area (Å²) in [5, 5.41) is 8.31. The minimum Gasteiger partial charge on any atom is -0.198 e. The van der Waals surface area contributed by atoms with Crippen molar-refractivity contribution in [1.82, 2.24) is 0 Å². The van der Waals surface area contributed by atoms with Crippen molar-refractivity contribution in [2.45, 2.75) is 38.4 Å². The molecule has 10 heavy (non-hydrogen) atoms. The molecular formula is C7H14ClNSi. The Hall–Kier alpha value is -0.00312. The molecule has 0 aromatic rings. The number of rotatable bonds is 4. The summed E-state index contributed by atoms with van der Waals surface area (Å²) in [5.74, 6) is 0. The van der Waals surface area contributed by atoms with Gasteiger partial charge in [0.05, 0.1) is 6.07 Å². The number of hydrogen-bond acceptors (Lipinski definition) is 1. The quantitative estimate of drug-likeness (QED) is 0.476. The largest absolute Gasteiger partial charge is 0.198 e. The second-order valence-corrected chi connectivity index (χ2v) is 9.39. The monoisotopic (exact) mass is 175 g/mol. The van der Waals surface area contributed by atoms with Crippen molar-refractivity contribution < 1.29 is 0 Å².